The zero-order chi connectivity index (χ0) is 11.7. The second kappa shape index (κ2) is 10.2. The molecule has 0 aromatic carbocycles. The largest absolute Gasteiger partial charge is 0.481 e. The van der Waals surface area contributed by atoms with Gasteiger partial charge >= 0.3 is 17.9 Å². The lowest BCUT2D eigenvalue weighted by Crippen LogP contribution is -2.04. The van der Waals surface area contributed by atoms with Gasteiger partial charge in [0.05, 0.1) is 6.42 Å². The Morgan fingerprint density at radius 2 is 1.47 bits per heavy atom. The van der Waals surface area contributed by atoms with Crippen LogP contribution in [0.3, 0.4) is 0 Å². The van der Waals surface area contributed by atoms with Gasteiger partial charge in [-0.05, 0) is 11.0 Å². The van der Waals surface area contributed by atoms with Crippen molar-refractivity contribution < 1.29 is 29.7 Å². The molecule has 6 nitrogen and oxygen atoms in total. The van der Waals surface area contributed by atoms with Crippen molar-refractivity contribution in [1.29, 1.82) is 0 Å². The van der Waals surface area contributed by atoms with Crippen molar-refractivity contribution in [1.82, 2.24) is 0 Å². The highest BCUT2D eigenvalue weighted by molar-refractivity contribution is 5.91. The minimum atomic E-state index is -1.27. The van der Waals surface area contributed by atoms with Crippen LogP contribution in [-0.4, -0.2) is 44.2 Å². The predicted molar refractivity (Wildman–Crippen MR) is 58.2 cm³/mol. The molecule has 0 heterocycles. The van der Waals surface area contributed by atoms with E-state index in [1.165, 1.54) is 0 Å². The van der Waals surface area contributed by atoms with E-state index >= 15 is 0 Å². The van der Waals surface area contributed by atoms with E-state index in [4.69, 9.17) is 15.3 Å². The fourth-order valence-corrected chi connectivity index (χ4v) is 0.258. The van der Waals surface area contributed by atoms with E-state index in [-0.39, 0.29) is 16.5 Å². The molecular weight excluding hydrogens is 220 g/mol. The summed E-state index contributed by atoms with van der Waals surface area (Å²) >= 11 is 0. The van der Waals surface area contributed by atoms with Gasteiger partial charge < -0.3 is 15.3 Å². The third-order valence-electron chi connectivity index (χ3n) is 0.842. The molecule has 0 radical (unpaired) electrons. The van der Waals surface area contributed by atoms with Gasteiger partial charge in [0, 0.05) is 11.6 Å². The molecule has 15 heavy (non-hydrogen) atoms. The van der Waals surface area contributed by atoms with Crippen molar-refractivity contribution in [2.75, 3.05) is 0 Å². The molecular formula is C8H14O6Si. The molecule has 3 N–H and O–H groups in total. The first kappa shape index (κ1) is 18.8. The predicted octanol–water partition coefficient (Wildman–Crippen LogP) is -1.09. The smallest absolute Gasteiger partial charge is 0.331 e. The monoisotopic (exact) mass is 234 g/mol. The molecule has 0 saturated heterocycles. The highest BCUT2D eigenvalue weighted by Gasteiger charge is 2.07. The van der Waals surface area contributed by atoms with E-state index in [0.717, 1.165) is 6.08 Å². The Balaban J connectivity index is -0.000000208. The van der Waals surface area contributed by atoms with Crippen molar-refractivity contribution >= 4 is 28.9 Å². The SMILES string of the molecule is C=C(CC(=O)O)C(=O)O.C=CC(=O)O.[SiH4]. The molecule has 86 valence electrons. The van der Waals surface area contributed by atoms with Crippen LogP contribution < -0.4 is 0 Å². The molecule has 0 unspecified atom stereocenters. The summed E-state index contributed by atoms with van der Waals surface area (Å²) in [6.07, 6.45) is 0.329. The van der Waals surface area contributed by atoms with Crippen LogP contribution in [0.15, 0.2) is 24.8 Å². The quantitative estimate of drug-likeness (QED) is 0.421. The molecule has 0 atom stereocenters. The van der Waals surface area contributed by atoms with Crippen LogP contribution in [0.1, 0.15) is 6.42 Å². The number of hydrogen-bond donors (Lipinski definition) is 3. The summed E-state index contributed by atoms with van der Waals surface area (Å²) in [5.74, 6) is -3.43. The topological polar surface area (TPSA) is 112 Å². The highest BCUT2D eigenvalue weighted by Crippen LogP contribution is 1.95. The lowest BCUT2D eigenvalue weighted by Gasteiger charge is -1.91. The van der Waals surface area contributed by atoms with Crippen molar-refractivity contribution in [2.45, 2.75) is 6.42 Å². The number of aliphatic carboxylic acids is 3. The minimum Gasteiger partial charge on any atom is -0.481 e. The van der Waals surface area contributed by atoms with Crippen LogP contribution in [0.25, 0.3) is 0 Å². The Morgan fingerprint density at radius 1 is 1.13 bits per heavy atom. The van der Waals surface area contributed by atoms with Gasteiger partial charge in [-0.2, -0.15) is 0 Å². The van der Waals surface area contributed by atoms with E-state index in [2.05, 4.69) is 13.2 Å². The Bertz CT molecular complexity index is 270. The fraction of sp³-hybridized carbons (Fsp3) is 0.125. The summed E-state index contributed by atoms with van der Waals surface area (Å²) < 4.78 is 0. The second-order valence-corrected chi connectivity index (χ2v) is 2.02. The lowest BCUT2D eigenvalue weighted by atomic mass is 10.2. The van der Waals surface area contributed by atoms with Crippen molar-refractivity contribution in [3.8, 4) is 0 Å². The van der Waals surface area contributed by atoms with Gasteiger partial charge in [0.2, 0.25) is 0 Å². The average molecular weight is 234 g/mol. The molecule has 0 saturated carbocycles. The van der Waals surface area contributed by atoms with Gasteiger partial charge in [0.25, 0.3) is 0 Å². The summed E-state index contributed by atoms with van der Waals surface area (Å²) in [7, 11) is 0. The highest BCUT2D eigenvalue weighted by atomic mass is 28.1. The molecule has 0 rings (SSSR count). The van der Waals surface area contributed by atoms with E-state index in [1.54, 1.807) is 0 Å². The molecule has 0 aliphatic heterocycles. The standard InChI is InChI=1S/C5H6O4.C3H4O2.H4Si/c1-3(5(8)9)2-4(6)7;1-2-3(4)5;/h1-2H2,(H,6,7)(H,8,9);2H,1H2,(H,4,5);1H4. The zero-order valence-electron chi connectivity index (χ0n) is 7.27. The molecule has 0 spiro atoms. The summed E-state index contributed by atoms with van der Waals surface area (Å²) in [4.78, 5) is 28.9. The van der Waals surface area contributed by atoms with E-state index in [9.17, 15) is 14.4 Å². The van der Waals surface area contributed by atoms with Gasteiger partial charge in [-0.15, -0.1) is 0 Å². The third kappa shape index (κ3) is 18.8. The molecule has 0 amide bonds. The summed E-state index contributed by atoms with van der Waals surface area (Å²) in [6, 6.07) is 0. The van der Waals surface area contributed by atoms with Gasteiger partial charge in [-0.25, -0.2) is 9.59 Å². The third-order valence-corrected chi connectivity index (χ3v) is 0.842. The normalized spacial score (nSPS) is 7.20. The molecule has 0 bridgehead atoms. The Labute approximate surface area is 90.6 Å². The number of carboxylic acid groups (broad SMARTS) is 3. The van der Waals surface area contributed by atoms with Crippen LogP contribution in [-0.2, 0) is 14.4 Å². The lowest BCUT2D eigenvalue weighted by molar-refractivity contribution is -0.139. The maximum Gasteiger partial charge on any atom is 0.331 e. The number of carbonyl (C=O) groups is 3. The minimum absolute atomic E-state index is 0. The van der Waals surface area contributed by atoms with Crippen LogP contribution >= 0.6 is 0 Å². The summed E-state index contributed by atoms with van der Waals surface area (Å²) in [5.41, 5.74) is -0.303. The van der Waals surface area contributed by atoms with E-state index in [1.807, 2.05) is 0 Å². The summed E-state index contributed by atoms with van der Waals surface area (Å²) in [5, 5.41) is 23.7. The van der Waals surface area contributed by atoms with E-state index < -0.39 is 24.3 Å². The van der Waals surface area contributed by atoms with Gasteiger partial charge in [0.15, 0.2) is 0 Å². The van der Waals surface area contributed by atoms with Gasteiger partial charge in [0.1, 0.15) is 0 Å². The first-order chi connectivity index (χ1) is 6.31. The molecule has 0 aliphatic rings. The van der Waals surface area contributed by atoms with Crippen LogP contribution in [0, 0.1) is 0 Å². The van der Waals surface area contributed by atoms with Crippen molar-refractivity contribution in [2.24, 2.45) is 0 Å². The average Bonchev–Trinajstić information content (AvgIpc) is 2.04. The fourth-order valence-electron chi connectivity index (χ4n) is 0.258. The molecule has 0 aromatic heterocycles. The van der Waals surface area contributed by atoms with Gasteiger partial charge in [-0.3, -0.25) is 4.79 Å². The van der Waals surface area contributed by atoms with Crippen molar-refractivity contribution in [3.63, 3.8) is 0 Å². The molecule has 0 fully saturated rings. The van der Waals surface area contributed by atoms with Crippen LogP contribution in [0.2, 0.25) is 0 Å². The van der Waals surface area contributed by atoms with Crippen LogP contribution in [0.4, 0.5) is 0 Å². The van der Waals surface area contributed by atoms with Gasteiger partial charge in [-0.1, -0.05) is 13.2 Å². The molecule has 0 aliphatic carbocycles. The number of hydrogen-bond acceptors (Lipinski definition) is 3. The maximum absolute atomic E-state index is 9.87. The zero-order valence-corrected chi connectivity index (χ0v) is 7.27. The Morgan fingerprint density at radius 3 is 1.53 bits per heavy atom. The summed E-state index contributed by atoms with van der Waals surface area (Å²) in [6.45, 7) is 5.97. The first-order valence-corrected chi connectivity index (χ1v) is 3.29. The van der Waals surface area contributed by atoms with Crippen LogP contribution in [0.5, 0.6) is 0 Å². The molecule has 7 heteroatoms. The number of rotatable bonds is 4. The second-order valence-electron chi connectivity index (χ2n) is 2.02. The number of carboxylic acids is 3. The Kier molecular flexibility index (Phi) is 12.8. The maximum atomic E-state index is 9.87. The molecule has 0 aromatic rings. The Hall–Kier alpha value is -1.89. The van der Waals surface area contributed by atoms with Crippen molar-refractivity contribution in [3.05, 3.63) is 24.8 Å². The van der Waals surface area contributed by atoms with E-state index in [0.29, 0.717) is 0 Å². The first-order valence-electron chi connectivity index (χ1n) is 3.29.